The molecule has 0 aliphatic carbocycles. The number of amides is 1. The summed E-state index contributed by atoms with van der Waals surface area (Å²) in [6.45, 7) is 4.27. The van der Waals surface area contributed by atoms with E-state index in [1.807, 2.05) is 12.1 Å². The lowest BCUT2D eigenvalue weighted by molar-refractivity contribution is 0.0742. The Labute approximate surface area is 153 Å². The summed E-state index contributed by atoms with van der Waals surface area (Å²) in [6.07, 6.45) is 0. The number of nitrogens with zero attached hydrogens (tertiary/aromatic N) is 3. The van der Waals surface area contributed by atoms with E-state index in [2.05, 4.69) is 22.9 Å². The lowest BCUT2D eigenvalue weighted by Crippen LogP contribution is -2.49. The summed E-state index contributed by atoms with van der Waals surface area (Å²) in [6, 6.07) is 9.23. The summed E-state index contributed by atoms with van der Waals surface area (Å²) in [4.78, 5) is 20.9. The normalized spacial score (nSPS) is 14.9. The molecule has 1 amide bonds. The van der Waals surface area contributed by atoms with Gasteiger partial charge in [-0.3, -0.25) is 4.79 Å². The van der Waals surface area contributed by atoms with Gasteiger partial charge in [-0.1, -0.05) is 17.4 Å². The molecule has 0 spiro atoms. The highest BCUT2D eigenvalue weighted by Crippen LogP contribution is 2.30. The molecule has 0 unspecified atom stereocenters. The molecule has 26 heavy (non-hydrogen) atoms. The summed E-state index contributed by atoms with van der Waals surface area (Å²) < 4.78 is 28.0. The Bertz CT molecular complexity index is 980. The number of carbonyl (C=O) groups is 1. The second-order valence-electron chi connectivity index (χ2n) is 6.37. The quantitative estimate of drug-likeness (QED) is 0.685. The van der Waals surface area contributed by atoms with Crippen LogP contribution in [-0.4, -0.2) is 42.0 Å². The molecule has 1 fully saturated rings. The fourth-order valence-electron chi connectivity index (χ4n) is 3.09. The van der Waals surface area contributed by atoms with Gasteiger partial charge in [-0.05, 0) is 36.8 Å². The molecule has 4 rings (SSSR count). The maximum atomic E-state index is 13.8. The molecule has 0 saturated carbocycles. The number of hydrogen-bond acceptors (Lipinski definition) is 4. The number of piperazine rings is 1. The van der Waals surface area contributed by atoms with E-state index in [1.165, 1.54) is 11.6 Å². The van der Waals surface area contributed by atoms with Crippen molar-refractivity contribution in [3.63, 3.8) is 0 Å². The van der Waals surface area contributed by atoms with Gasteiger partial charge in [0.2, 0.25) is 0 Å². The number of fused-ring (bicyclic) bond motifs is 1. The van der Waals surface area contributed by atoms with Gasteiger partial charge in [0.05, 0.1) is 15.8 Å². The first-order valence-electron chi connectivity index (χ1n) is 8.38. The van der Waals surface area contributed by atoms with Crippen molar-refractivity contribution < 1.29 is 13.6 Å². The van der Waals surface area contributed by atoms with Crippen molar-refractivity contribution >= 4 is 32.6 Å². The summed E-state index contributed by atoms with van der Waals surface area (Å²) in [5.41, 5.74) is 2.09. The van der Waals surface area contributed by atoms with Gasteiger partial charge < -0.3 is 9.80 Å². The zero-order valence-electron chi connectivity index (χ0n) is 14.2. The summed E-state index contributed by atoms with van der Waals surface area (Å²) >= 11 is 1.64. The maximum absolute atomic E-state index is 13.8. The molecular weight excluding hydrogens is 356 g/mol. The van der Waals surface area contributed by atoms with Crippen molar-refractivity contribution in [1.82, 2.24) is 9.88 Å². The van der Waals surface area contributed by atoms with Gasteiger partial charge in [-0.25, -0.2) is 13.8 Å². The van der Waals surface area contributed by atoms with Gasteiger partial charge in [0.1, 0.15) is 11.6 Å². The van der Waals surface area contributed by atoms with Crippen molar-refractivity contribution in [2.24, 2.45) is 0 Å². The number of carbonyl (C=O) groups excluding carboxylic acids is 1. The molecule has 1 aliphatic heterocycles. The molecular formula is C19H17F2N3OS. The molecule has 0 bridgehead atoms. The second kappa shape index (κ2) is 6.64. The van der Waals surface area contributed by atoms with Crippen LogP contribution in [0.1, 0.15) is 15.9 Å². The molecule has 3 aromatic rings. The largest absolute Gasteiger partial charge is 0.345 e. The smallest absolute Gasteiger partial charge is 0.256 e. The number of thiazole rings is 1. The second-order valence-corrected chi connectivity index (χ2v) is 7.38. The number of aromatic nitrogens is 1. The third kappa shape index (κ3) is 3.14. The zero-order chi connectivity index (χ0) is 18.3. The van der Waals surface area contributed by atoms with Crippen molar-refractivity contribution in [1.29, 1.82) is 0 Å². The minimum absolute atomic E-state index is 0.0877. The number of benzene rings is 2. The van der Waals surface area contributed by atoms with E-state index in [9.17, 15) is 13.6 Å². The molecule has 2 heterocycles. The van der Waals surface area contributed by atoms with Crippen LogP contribution in [0.3, 0.4) is 0 Å². The Morgan fingerprint density at radius 2 is 1.85 bits per heavy atom. The van der Waals surface area contributed by atoms with E-state index < -0.39 is 17.5 Å². The first-order valence-corrected chi connectivity index (χ1v) is 9.19. The van der Waals surface area contributed by atoms with Crippen molar-refractivity contribution in [3.8, 4) is 0 Å². The minimum atomic E-state index is -0.820. The molecule has 4 nitrogen and oxygen atoms in total. The van der Waals surface area contributed by atoms with Crippen LogP contribution in [0.5, 0.6) is 0 Å². The summed E-state index contributed by atoms with van der Waals surface area (Å²) in [5.74, 6) is -1.91. The standard InChI is InChI=1S/C19H17F2N3OS/c1-12-2-5-16-17(10-12)26-19(22-16)24-8-6-23(7-9-24)18(25)14-4-3-13(20)11-15(14)21/h2-5,10-11H,6-9H2,1H3. The van der Waals surface area contributed by atoms with Crippen LogP contribution in [-0.2, 0) is 0 Å². The Balaban J connectivity index is 1.47. The van der Waals surface area contributed by atoms with Crippen LogP contribution in [0.2, 0.25) is 0 Å². The Morgan fingerprint density at radius 3 is 2.58 bits per heavy atom. The lowest BCUT2D eigenvalue weighted by Gasteiger charge is -2.34. The van der Waals surface area contributed by atoms with Gasteiger partial charge >= 0.3 is 0 Å². The third-order valence-electron chi connectivity index (χ3n) is 4.53. The fraction of sp³-hybridized carbons (Fsp3) is 0.263. The van der Waals surface area contributed by atoms with Crippen LogP contribution < -0.4 is 4.90 Å². The van der Waals surface area contributed by atoms with E-state index in [0.717, 1.165) is 27.5 Å². The SMILES string of the molecule is Cc1ccc2nc(N3CCN(C(=O)c4ccc(F)cc4F)CC3)sc2c1. The van der Waals surface area contributed by atoms with Crippen LogP contribution in [0, 0.1) is 18.6 Å². The van der Waals surface area contributed by atoms with Gasteiger partial charge in [-0.15, -0.1) is 0 Å². The molecule has 1 aromatic heterocycles. The Kier molecular flexibility index (Phi) is 4.32. The van der Waals surface area contributed by atoms with Crippen LogP contribution in [0.15, 0.2) is 36.4 Å². The molecule has 0 radical (unpaired) electrons. The number of aryl methyl sites for hydroxylation is 1. The van der Waals surface area contributed by atoms with E-state index in [4.69, 9.17) is 0 Å². The molecule has 1 aliphatic rings. The highest BCUT2D eigenvalue weighted by atomic mass is 32.1. The predicted octanol–water partition coefficient (Wildman–Crippen LogP) is 3.85. The molecule has 7 heteroatoms. The predicted molar refractivity (Wildman–Crippen MR) is 98.8 cm³/mol. The van der Waals surface area contributed by atoms with Gasteiger partial charge in [-0.2, -0.15) is 0 Å². The van der Waals surface area contributed by atoms with E-state index in [-0.39, 0.29) is 5.56 Å². The van der Waals surface area contributed by atoms with E-state index >= 15 is 0 Å². The number of halogens is 2. The van der Waals surface area contributed by atoms with Gasteiger partial charge in [0.15, 0.2) is 5.13 Å². The highest BCUT2D eigenvalue weighted by molar-refractivity contribution is 7.22. The number of hydrogen-bond donors (Lipinski definition) is 0. The van der Waals surface area contributed by atoms with Crippen molar-refractivity contribution in [3.05, 3.63) is 59.2 Å². The molecule has 134 valence electrons. The monoisotopic (exact) mass is 373 g/mol. The average Bonchev–Trinajstić information content (AvgIpc) is 3.04. The van der Waals surface area contributed by atoms with Crippen molar-refractivity contribution in [2.75, 3.05) is 31.1 Å². The molecule has 2 aromatic carbocycles. The lowest BCUT2D eigenvalue weighted by atomic mass is 10.1. The Hall–Kier alpha value is -2.54. The third-order valence-corrected chi connectivity index (χ3v) is 5.61. The van der Waals surface area contributed by atoms with E-state index in [1.54, 1.807) is 16.2 Å². The van der Waals surface area contributed by atoms with Gasteiger partial charge in [0, 0.05) is 32.2 Å². The summed E-state index contributed by atoms with van der Waals surface area (Å²) in [5, 5.41) is 0.936. The average molecular weight is 373 g/mol. The number of anilines is 1. The molecule has 0 N–H and O–H groups in total. The van der Waals surface area contributed by atoms with Crippen molar-refractivity contribution in [2.45, 2.75) is 6.92 Å². The first kappa shape index (κ1) is 16.9. The number of rotatable bonds is 2. The topological polar surface area (TPSA) is 36.4 Å². The van der Waals surface area contributed by atoms with Crippen LogP contribution in [0.25, 0.3) is 10.2 Å². The first-order chi connectivity index (χ1) is 12.5. The zero-order valence-corrected chi connectivity index (χ0v) is 15.0. The maximum Gasteiger partial charge on any atom is 0.256 e. The minimum Gasteiger partial charge on any atom is -0.345 e. The Morgan fingerprint density at radius 1 is 1.08 bits per heavy atom. The van der Waals surface area contributed by atoms with Crippen LogP contribution >= 0.6 is 11.3 Å². The summed E-state index contributed by atoms with van der Waals surface area (Å²) in [7, 11) is 0. The fourth-order valence-corrected chi connectivity index (χ4v) is 4.20. The van der Waals surface area contributed by atoms with E-state index in [0.29, 0.717) is 26.2 Å². The molecule has 0 atom stereocenters. The highest BCUT2D eigenvalue weighted by Gasteiger charge is 2.25. The van der Waals surface area contributed by atoms with Crippen LogP contribution in [0.4, 0.5) is 13.9 Å². The molecule has 1 saturated heterocycles. The van der Waals surface area contributed by atoms with Gasteiger partial charge in [0.25, 0.3) is 5.91 Å².